The molecule has 1 aliphatic rings. The number of alkyl halides is 3. The fraction of sp³-hybridized carbons (Fsp3) is 0.211. The van der Waals surface area contributed by atoms with Gasteiger partial charge in [0, 0.05) is 12.5 Å². The van der Waals surface area contributed by atoms with Gasteiger partial charge in [0.15, 0.2) is 17.5 Å². The lowest BCUT2D eigenvalue weighted by Gasteiger charge is -2.26. The molecule has 2 unspecified atom stereocenters. The number of nitro benzene ring substituents is 1. The van der Waals surface area contributed by atoms with Crippen LogP contribution in [-0.4, -0.2) is 22.5 Å². The number of hydrogen-bond donors (Lipinski definition) is 0. The SMILES string of the molecule is O=C1CC(c2ccccc2)OC(=O)C1C(=O)c1ccc(C(F)(F)F)cc1[N+](=O)[O-]. The zero-order valence-electron chi connectivity index (χ0n) is 14.5. The first-order valence-electron chi connectivity index (χ1n) is 8.27. The maximum absolute atomic E-state index is 12.8. The second-order valence-electron chi connectivity index (χ2n) is 6.29. The Hall–Kier alpha value is -3.56. The maximum Gasteiger partial charge on any atom is 0.416 e. The van der Waals surface area contributed by atoms with Crippen molar-refractivity contribution in [2.24, 2.45) is 5.92 Å². The van der Waals surface area contributed by atoms with Gasteiger partial charge in [-0.25, -0.2) is 0 Å². The van der Waals surface area contributed by atoms with Gasteiger partial charge >= 0.3 is 12.1 Å². The number of esters is 1. The highest BCUT2D eigenvalue weighted by molar-refractivity contribution is 6.24. The van der Waals surface area contributed by atoms with E-state index in [1.807, 2.05) is 0 Å². The Labute approximate surface area is 161 Å². The van der Waals surface area contributed by atoms with Gasteiger partial charge in [0.1, 0.15) is 6.10 Å². The first kappa shape index (κ1) is 20.2. The van der Waals surface area contributed by atoms with Gasteiger partial charge in [-0.05, 0) is 17.7 Å². The molecule has 1 fully saturated rings. The minimum absolute atomic E-state index is 0.193. The molecular formula is C19H12F3NO6. The number of Topliss-reactive ketones (excluding diaryl/α,β-unsaturated/α-hetero) is 2. The van der Waals surface area contributed by atoms with Crippen molar-refractivity contribution >= 4 is 23.2 Å². The molecule has 10 heteroatoms. The summed E-state index contributed by atoms with van der Waals surface area (Å²) in [6, 6.07) is 9.54. The highest BCUT2D eigenvalue weighted by Gasteiger charge is 2.45. The van der Waals surface area contributed by atoms with E-state index in [4.69, 9.17) is 4.74 Å². The fourth-order valence-electron chi connectivity index (χ4n) is 3.01. The van der Waals surface area contributed by atoms with Crippen molar-refractivity contribution in [3.63, 3.8) is 0 Å². The monoisotopic (exact) mass is 407 g/mol. The van der Waals surface area contributed by atoms with Gasteiger partial charge in [-0.3, -0.25) is 24.5 Å². The Bertz CT molecular complexity index is 985. The summed E-state index contributed by atoms with van der Waals surface area (Å²) in [5, 5.41) is 11.2. The van der Waals surface area contributed by atoms with Crippen molar-refractivity contribution in [2.45, 2.75) is 18.7 Å². The average Bonchev–Trinajstić information content (AvgIpc) is 2.66. The zero-order valence-corrected chi connectivity index (χ0v) is 14.5. The number of halogens is 3. The van der Waals surface area contributed by atoms with Crippen LogP contribution in [0.15, 0.2) is 48.5 Å². The van der Waals surface area contributed by atoms with Crippen molar-refractivity contribution in [2.75, 3.05) is 0 Å². The molecule has 0 spiro atoms. The lowest BCUT2D eigenvalue weighted by atomic mass is 9.86. The summed E-state index contributed by atoms with van der Waals surface area (Å²) >= 11 is 0. The van der Waals surface area contributed by atoms with Crippen LogP contribution in [-0.2, 0) is 20.5 Å². The molecule has 29 heavy (non-hydrogen) atoms. The number of ether oxygens (including phenoxy) is 1. The zero-order chi connectivity index (χ0) is 21.3. The summed E-state index contributed by atoms with van der Waals surface area (Å²) in [5.74, 6) is -5.26. The van der Waals surface area contributed by atoms with Crippen molar-refractivity contribution in [1.82, 2.24) is 0 Å². The normalized spacial score (nSPS) is 19.6. The summed E-state index contributed by atoms with van der Waals surface area (Å²) in [5.41, 5.74) is -2.71. The molecule has 1 saturated heterocycles. The second kappa shape index (κ2) is 7.46. The van der Waals surface area contributed by atoms with E-state index in [-0.39, 0.29) is 12.5 Å². The predicted octanol–water partition coefficient (Wildman–Crippen LogP) is 3.67. The van der Waals surface area contributed by atoms with Gasteiger partial charge in [-0.1, -0.05) is 30.3 Å². The smallest absolute Gasteiger partial charge is 0.416 e. The molecule has 3 rings (SSSR count). The number of nitrogens with zero attached hydrogens (tertiary/aromatic N) is 1. The quantitative estimate of drug-likeness (QED) is 0.252. The third-order valence-corrected chi connectivity index (χ3v) is 4.42. The van der Waals surface area contributed by atoms with Crippen molar-refractivity contribution in [3.8, 4) is 0 Å². The molecule has 1 aliphatic heterocycles. The van der Waals surface area contributed by atoms with Crippen LogP contribution in [0.3, 0.4) is 0 Å². The summed E-state index contributed by atoms with van der Waals surface area (Å²) in [7, 11) is 0. The molecular weight excluding hydrogens is 395 g/mol. The minimum atomic E-state index is -4.87. The van der Waals surface area contributed by atoms with Crippen LogP contribution in [0.25, 0.3) is 0 Å². The summed E-state index contributed by atoms with van der Waals surface area (Å²) in [6.45, 7) is 0. The molecule has 0 aromatic heterocycles. The Morgan fingerprint density at radius 2 is 1.76 bits per heavy atom. The molecule has 1 heterocycles. The lowest BCUT2D eigenvalue weighted by Crippen LogP contribution is -2.40. The molecule has 0 aliphatic carbocycles. The van der Waals surface area contributed by atoms with Gasteiger partial charge in [-0.2, -0.15) is 13.2 Å². The summed E-state index contributed by atoms with van der Waals surface area (Å²) in [6.07, 6.45) is -6.11. The van der Waals surface area contributed by atoms with Crippen LogP contribution in [0, 0.1) is 16.0 Å². The van der Waals surface area contributed by atoms with Crippen molar-refractivity contribution in [3.05, 3.63) is 75.3 Å². The second-order valence-corrected chi connectivity index (χ2v) is 6.29. The Kier molecular flexibility index (Phi) is 5.19. The topological polar surface area (TPSA) is 104 Å². The number of benzene rings is 2. The average molecular weight is 407 g/mol. The number of ketones is 2. The van der Waals surface area contributed by atoms with E-state index in [2.05, 4.69) is 0 Å². The van der Waals surface area contributed by atoms with Crippen LogP contribution < -0.4 is 0 Å². The van der Waals surface area contributed by atoms with E-state index >= 15 is 0 Å². The van der Waals surface area contributed by atoms with Crippen LogP contribution in [0.2, 0.25) is 0 Å². The maximum atomic E-state index is 12.8. The highest BCUT2D eigenvalue weighted by atomic mass is 19.4. The molecule has 0 saturated carbocycles. The molecule has 2 aromatic carbocycles. The van der Waals surface area contributed by atoms with Crippen molar-refractivity contribution < 1.29 is 37.2 Å². The predicted molar refractivity (Wildman–Crippen MR) is 90.8 cm³/mol. The number of carbonyl (C=O) groups excluding carboxylic acids is 3. The summed E-state index contributed by atoms with van der Waals surface area (Å²) in [4.78, 5) is 47.4. The number of hydrogen-bond acceptors (Lipinski definition) is 6. The van der Waals surface area contributed by atoms with Crippen LogP contribution in [0.4, 0.5) is 18.9 Å². The number of rotatable bonds is 4. The van der Waals surface area contributed by atoms with E-state index in [1.54, 1.807) is 30.3 Å². The fourth-order valence-corrected chi connectivity index (χ4v) is 3.01. The molecule has 2 atom stereocenters. The Morgan fingerprint density at radius 3 is 2.31 bits per heavy atom. The third kappa shape index (κ3) is 4.00. The molecule has 0 radical (unpaired) electrons. The highest BCUT2D eigenvalue weighted by Crippen LogP contribution is 2.36. The van der Waals surface area contributed by atoms with Gasteiger partial charge in [0.2, 0.25) is 0 Å². The molecule has 150 valence electrons. The first-order chi connectivity index (χ1) is 13.6. The number of nitro groups is 1. The van der Waals surface area contributed by atoms with E-state index < -0.39 is 57.5 Å². The van der Waals surface area contributed by atoms with E-state index in [0.717, 1.165) is 0 Å². The molecule has 0 N–H and O–H groups in total. The lowest BCUT2D eigenvalue weighted by molar-refractivity contribution is -0.385. The molecule has 0 bridgehead atoms. The van der Waals surface area contributed by atoms with Crippen LogP contribution in [0.1, 0.15) is 34.0 Å². The van der Waals surface area contributed by atoms with Gasteiger partial charge in [0.05, 0.1) is 16.1 Å². The largest absolute Gasteiger partial charge is 0.456 e. The summed E-state index contributed by atoms with van der Waals surface area (Å²) < 4.78 is 43.6. The minimum Gasteiger partial charge on any atom is -0.456 e. The van der Waals surface area contributed by atoms with Gasteiger partial charge < -0.3 is 4.74 Å². The van der Waals surface area contributed by atoms with Crippen LogP contribution in [0.5, 0.6) is 0 Å². The van der Waals surface area contributed by atoms with E-state index in [0.29, 0.717) is 17.7 Å². The molecule has 2 aromatic rings. The van der Waals surface area contributed by atoms with Crippen molar-refractivity contribution in [1.29, 1.82) is 0 Å². The number of cyclic esters (lactones) is 1. The standard InChI is InChI=1S/C19H12F3NO6/c20-19(21,22)11-6-7-12(13(8-11)23(27)28)17(25)16-14(24)9-15(29-18(16)26)10-4-2-1-3-5-10/h1-8,15-16H,9H2. The van der Waals surface area contributed by atoms with E-state index in [1.165, 1.54) is 0 Å². The van der Waals surface area contributed by atoms with Crippen LogP contribution >= 0.6 is 0 Å². The third-order valence-electron chi connectivity index (χ3n) is 4.42. The Balaban J connectivity index is 1.92. The number of carbonyl (C=O) groups is 3. The Morgan fingerprint density at radius 1 is 1.10 bits per heavy atom. The molecule has 7 nitrogen and oxygen atoms in total. The van der Waals surface area contributed by atoms with E-state index in [9.17, 15) is 37.7 Å². The van der Waals surface area contributed by atoms with Gasteiger partial charge in [0.25, 0.3) is 5.69 Å². The van der Waals surface area contributed by atoms with Gasteiger partial charge in [-0.15, -0.1) is 0 Å². The molecule has 0 amide bonds. The first-order valence-corrected chi connectivity index (χ1v) is 8.27.